The van der Waals surface area contributed by atoms with Crippen LogP contribution in [0, 0.1) is 0 Å². The molecule has 6 nitrogen and oxygen atoms in total. The van der Waals surface area contributed by atoms with Crippen molar-refractivity contribution in [3.8, 4) is 11.5 Å². The lowest BCUT2D eigenvalue weighted by Crippen LogP contribution is -2.35. The Balaban J connectivity index is 1.55. The molecular weight excluding hydrogens is 330 g/mol. The van der Waals surface area contributed by atoms with E-state index in [-0.39, 0.29) is 17.1 Å². The minimum absolute atomic E-state index is 0.0187. The van der Waals surface area contributed by atoms with Crippen LogP contribution in [-0.4, -0.2) is 31.6 Å². The lowest BCUT2D eigenvalue weighted by Gasteiger charge is -2.29. The molecule has 3 N–H and O–H groups in total. The molecule has 0 unspecified atom stereocenters. The summed E-state index contributed by atoms with van der Waals surface area (Å²) in [5.41, 5.74) is 2.55. The van der Waals surface area contributed by atoms with Crippen molar-refractivity contribution in [2.75, 3.05) is 6.54 Å². The van der Waals surface area contributed by atoms with Crippen molar-refractivity contribution in [3.63, 3.8) is 0 Å². The lowest BCUT2D eigenvalue weighted by molar-refractivity contribution is 0.239. The summed E-state index contributed by atoms with van der Waals surface area (Å²) in [5.74, 6) is 1.35. The summed E-state index contributed by atoms with van der Waals surface area (Å²) in [7, 11) is 0. The van der Waals surface area contributed by atoms with Gasteiger partial charge in [0.25, 0.3) is 5.56 Å². The average molecular weight is 355 g/mol. The first kappa shape index (κ1) is 17.1. The molecule has 4 rings (SSSR count). The molecule has 1 aliphatic heterocycles. The van der Waals surface area contributed by atoms with Gasteiger partial charge < -0.3 is 15.2 Å². The van der Waals surface area contributed by atoms with E-state index in [1.54, 1.807) is 12.1 Å². The maximum Gasteiger partial charge on any atom is 0.254 e. The molecule has 0 bridgehead atoms. The highest BCUT2D eigenvalue weighted by Gasteiger charge is 2.24. The molecule has 6 heteroatoms. The van der Waals surface area contributed by atoms with Crippen LogP contribution >= 0.6 is 0 Å². The third kappa shape index (κ3) is 3.60. The fraction of sp³-hybridized carbons (Fsp3) is 0.500. The molecule has 0 spiro atoms. The molecule has 0 radical (unpaired) electrons. The van der Waals surface area contributed by atoms with Crippen molar-refractivity contribution in [2.24, 2.45) is 0 Å². The van der Waals surface area contributed by atoms with Gasteiger partial charge in [-0.2, -0.15) is 0 Å². The number of fused-ring (bicyclic) bond motifs is 1. The molecule has 2 aromatic rings. The number of H-pyrrole nitrogens is 1. The largest absolute Gasteiger partial charge is 0.508 e. The highest BCUT2D eigenvalue weighted by molar-refractivity contribution is 5.36. The van der Waals surface area contributed by atoms with Gasteiger partial charge in [0.2, 0.25) is 0 Å². The maximum atomic E-state index is 12.5. The summed E-state index contributed by atoms with van der Waals surface area (Å²) < 4.78 is 0. The number of aromatic amines is 1. The SMILES string of the molecule is O=c1[nH]c(C2CCCCC2)nc2c1CCN(Cc1cc(O)cc(O)c1)C2. The molecule has 1 fully saturated rings. The van der Waals surface area contributed by atoms with Crippen LogP contribution in [0.25, 0.3) is 0 Å². The van der Waals surface area contributed by atoms with Gasteiger partial charge >= 0.3 is 0 Å². The minimum atomic E-state index is 0.0187. The Morgan fingerprint density at radius 2 is 1.85 bits per heavy atom. The van der Waals surface area contributed by atoms with Crippen molar-refractivity contribution in [1.29, 1.82) is 0 Å². The molecule has 1 aliphatic carbocycles. The van der Waals surface area contributed by atoms with Crippen LogP contribution in [0.5, 0.6) is 11.5 Å². The summed E-state index contributed by atoms with van der Waals surface area (Å²) in [5, 5.41) is 19.3. The normalized spacial score (nSPS) is 18.6. The number of hydrogen-bond acceptors (Lipinski definition) is 5. The number of hydrogen-bond donors (Lipinski definition) is 3. The third-order valence-electron chi connectivity index (χ3n) is 5.53. The topological polar surface area (TPSA) is 89.5 Å². The Bertz CT molecular complexity index is 836. The third-order valence-corrected chi connectivity index (χ3v) is 5.53. The Hall–Kier alpha value is -2.34. The Kier molecular flexibility index (Phi) is 4.68. The van der Waals surface area contributed by atoms with Crippen molar-refractivity contribution in [1.82, 2.24) is 14.9 Å². The van der Waals surface area contributed by atoms with Crippen LogP contribution in [0.15, 0.2) is 23.0 Å². The summed E-state index contributed by atoms with van der Waals surface area (Å²) in [6.07, 6.45) is 6.57. The number of phenols is 2. The number of nitrogens with zero attached hydrogens (tertiary/aromatic N) is 2. The first-order valence-electron chi connectivity index (χ1n) is 9.45. The Morgan fingerprint density at radius 3 is 2.58 bits per heavy atom. The van der Waals surface area contributed by atoms with Gasteiger partial charge in [0.1, 0.15) is 17.3 Å². The second-order valence-corrected chi connectivity index (χ2v) is 7.53. The molecule has 0 saturated heterocycles. The monoisotopic (exact) mass is 355 g/mol. The molecular formula is C20H25N3O3. The van der Waals surface area contributed by atoms with Gasteiger partial charge in [-0.3, -0.25) is 9.69 Å². The number of benzene rings is 1. The van der Waals surface area contributed by atoms with E-state index in [9.17, 15) is 15.0 Å². The Morgan fingerprint density at radius 1 is 1.12 bits per heavy atom. The fourth-order valence-electron chi connectivity index (χ4n) is 4.22. The van der Waals surface area contributed by atoms with Gasteiger partial charge in [-0.1, -0.05) is 19.3 Å². The summed E-state index contributed by atoms with van der Waals surface area (Å²) in [4.78, 5) is 22.6. The molecule has 2 heterocycles. The summed E-state index contributed by atoms with van der Waals surface area (Å²) >= 11 is 0. The predicted molar refractivity (Wildman–Crippen MR) is 98.3 cm³/mol. The van der Waals surface area contributed by atoms with Crippen LogP contribution in [0.3, 0.4) is 0 Å². The molecule has 138 valence electrons. The van der Waals surface area contributed by atoms with E-state index >= 15 is 0 Å². The van der Waals surface area contributed by atoms with Crippen molar-refractivity contribution < 1.29 is 10.2 Å². The highest BCUT2D eigenvalue weighted by atomic mass is 16.3. The average Bonchev–Trinajstić information content (AvgIpc) is 2.61. The molecule has 2 aliphatic rings. The maximum absolute atomic E-state index is 12.5. The van der Waals surface area contributed by atoms with Crippen molar-refractivity contribution in [3.05, 3.63) is 51.2 Å². The number of nitrogens with one attached hydrogen (secondary N) is 1. The fourth-order valence-corrected chi connectivity index (χ4v) is 4.22. The van der Waals surface area contributed by atoms with E-state index in [1.165, 1.54) is 25.3 Å². The smallest absolute Gasteiger partial charge is 0.254 e. The van der Waals surface area contributed by atoms with E-state index in [0.29, 0.717) is 25.4 Å². The molecule has 0 atom stereocenters. The highest BCUT2D eigenvalue weighted by Crippen LogP contribution is 2.31. The van der Waals surface area contributed by atoms with Crippen LogP contribution in [-0.2, 0) is 19.5 Å². The zero-order valence-electron chi connectivity index (χ0n) is 14.9. The van der Waals surface area contributed by atoms with Crippen molar-refractivity contribution >= 4 is 0 Å². The molecule has 0 amide bonds. The van der Waals surface area contributed by atoms with Crippen LogP contribution in [0.1, 0.15) is 60.7 Å². The van der Waals surface area contributed by atoms with E-state index in [4.69, 9.17) is 4.98 Å². The molecule has 26 heavy (non-hydrogen) atoms. The predicted octanol–water partition coefficient (Wildman–Crippen LogP) is 2.79. The zero-order valence-corrected chi connectivity index (χ0v) is 14.9. The number of aromatic nitrogens is 2. The van der Waals surface area contributed by atoms with Gasteiger partial charge in [-0.15, -0.1) is 0 Å². The van der Waals surface area contributed by atoms with E-state index in [0.717, 1.165) is 42.0 Å². The number of aromatic hydroxyl groups is 2. The first-order chi connectivity index (χ1) is 12.6. The van der Waals surface area contributed by atoms with E-state index in [2.05, 4.69) is 9.88 Å². The standard InChI is InChI=1S/C20H25N3O3/c24-15-8-13(9-16(25)10-15)11-23-7-6-17-18(12-23)21-19(22-20(17)26)14-4-2-1-3-5-14/h8-10,14,24-25H,1-7,11-12H2,(H,21,22,26). The summed E-state index contributed by atoms with van der Waals surface area (Å²) in [6, 6.07) is 4.65. The molecule has 1 aromatic heterocycles. The van der Waals surface area contributed by atoms with E-state index < -0.39 is 0 Å². The quantitative estimate of drug-likeness (QED) is 0.788. The second-order valence-electron chi connectivity index (χ2n) is 7.53. The first-order valence-corrected chi connectivity index (χ1v) is 9.45. The number of phenolic OH excluding ortho intramolecular Hbond substituents is 2. The van der Waals surface area contributed by atoms with E-state index in [1.807, 2.05) is 0 Å². The van der Waals surface area contributed by atoms with Crippen LogP contribution < -0.4 is 5.56 Å². The van der Waals surface area contributed by atoms with Crippen LogP contribution in [0.4, 0.5) is 0 Å². The second kappa shape index (κ2) is 7.11. The number of rotatable bonds is 3. The lowest BCUT2D eigenvalue weighted by atomic mass is 9.88. The van der Waals surface area contributed by atoms with Gasteiger partial charge in [-0.05, 0) is 37.0 Å². The Labute approximate surface area is 152 Å². The summed E-state index contributed by atoms with van der Waals surface area (Å²) in [6.45, 7) is 1.99. The molecule has 1 aromatic carbocycles. The van der Waals surface area contributed by atoms with Crippen LogP contribution in [0.2, 0.25) is 0 Å². The van der Waals surface area contributed by atoms with Crippen molar-refractivity contribution in [2.45, 2.75) is 57.5 Å². The van der Waals surface area contributed by atoms with Gasteiger partial charge in [0, 0.05) is 37.2 Å². The zero-order chi connectivity index (χ0) is 18.1. The minimum Gasteiger partial charge on any atom is -0.508 e. The van der Waals surface area contributed by atoms with Gasteiger partial charge in [0.05, 0.1) is 5.69 Å². The van der Waals surface area contributed by atoms with Gasteiger partial charge in [-0.25, -0.2) is 4.98 Å². The van der Waals surface area contributed by atoms with Gasteiger partial charge in [0.15, 0.2) is 0 Å². The molecule has 1 saturated carbocycles.